The molecule has 3 N–H and O–H groups in total. The second-order valence-corrected chi connectivity index (χ2v) is 5.06. The van der Waals surface area contributed by atoms with Gasteiger partial charge in [-0.1, -0.05) is 11.6 Å². The van der Waals surface area contributed by atoms with Crippen molar-refractivity contribution in [3.8, 4) is 5.69 Å². The molecule has 0 unspecified atom stereocenters. The van der Waals surface area contributed by atoms with Crippen LogP contribution in [-0.4, -0.2) is 20.7 Å². The molecule has 1 amide bonds. The monoisotopic (exact) mass is 331 g/mol. The van der Waals surface area contributed by atoms with E-state index in [1.165, 1.54) is 28.9 Å². The van der Waals surface area contributed by atoms with Gasteiger partial charge in [-0.25, -0.2) is 14.1 Å². The van der Waals surface area contributed by atoms with Crippen molar-refractivity contribution in [2.24, 2.45) is 0 Å². The van der Waals surface area contributed by atoms with Gasteiger partial charge in [-0.15, -0.1) is 0 Å². The lowest BCUT2D eigenvalue weighted by Crippen LogP contribution is -2.13. The van der Waals surface area contributed by atoms with Crippen LogP contribution in [-0.2, 0) is 0 Å². The summed E-state index contributed by atoms with van der Waals surface area (Å²) in [5.74, 6) is -0.853. The van der Waals surface area contributed by atoms with E-state index >= 15 is 0 Å². The number of anilines is 2. The van der Waals surface area contributed by atoms with Crippen molar-refractivity contribution < 1.29 is 9.18 Å². The number of nitrogens with one attached hydrogen (secondary N) is 1. The molecular formula is C15H11ClFN5O. The molecule has 0 aliphatic heterocycles. The van der Waals surface area contributed by atoms with Crippen LogP contribution in [0.2, 0.25) is 5.15 Å². The van der Waals surface area contributed by atoms with Crippen LogP contribution in [0, 0.1) is 5.82 Å². The molecule has 0 bridgehead atoms. The fourth-order valence-corrected chi connectivity index (χ4v) is 2.25. The van der Waals surface area contributed by atoms with Crippen molar-refractivity contribution >= 4 is 29.0 Å². The number of halogens is 2. The fourth-order valence-electron chi connectivity index (χ4n) is 2.03. The molecule has 0 radical (unpaired) electrons. The highest BCUT2D eigenvalue weighted by Crippen LogP contribution is 2.19. The number of benzene rings is 1. The summed E-state index contributed by atoms with van der Waals surface area (Å²) in [5, 5.41) is 6.64. The molecule has 0 fully saturated rings. The average Bonchev–Trinajstić information content (AvgIpc) is 3.00. The normalized spacial score (nSPS) is 10.5. The average molecular weight is 332 g/mol. The van der Waals surface area contributed by atoms with Gasteiger partial charge in [-0.3, -0.25) is 4.79 Å². The van der Waals surface area contributed by atoms with Crippen molar-refractivity contribution in [1.29, 1.82) is 0 Å². The van der Waals surface area contributed by atoms with Gasteiger partial charge in [0.1, 0.15) is 16.7 Å². The molecular weight excluding hydrogens is 321 g/mol. The van der Waals surface area contributed by atoms with E-state index in [0.717, 1.165) is 0 Å². The minimum Gasteiger partial charge on any atom is -0.384 e. The summed E-state index contributed by atoms with van der Waals surface area (Å²) in [6.45, 7) is 0. The maximum atomic E-state index is 14.1. The van der Waals surface area contributed by atoms with E-state index in [1.807, 2.05) is 0 Å². The molecule has 6 nitrogen and oxygen atoms in total. The number of nitrogens with zero attached hydrogens (tertiary/aromatic N) is 3. The molecule has 0 aliphatic rings. The zero-order chi connectivity index (χ0) is 16.4. The number of aromatic nitrogens is 3. The second kappa shape index (κ2) is 6.05. The van der Waals surface area contributed by atoms with Crippen molar-refractivity contribution in [1.82, 2.24) is 14.8 Å². The van der Waals surface area contributed by atoms with Gasteiger partial charge >= 0.3 is 0 Å². The van der Waals surface area contributed by atoms with Crippen LogP contribution in [0.4, 0.5) is 15.9 Å². The van der Waals surface area contributed by atoms with Gasteiger partial charge in [-0.05, 0) is 36.4 Å². The first-order valence-corrected chi connectivity index (χ1v) is 6.95. The van der Waals surface area contributed by atoms with Gasteiger partial charge in [0.05, 0.1) is 0 Å². The van der Waals surface area contributed by atoms with Crippen molar-refractivity contribution in [3.05, 3.63) is 65.3 Å². The number of hydrogen-bond acceptors (Lipinski definition) is 4. The third-order valence-corrected chi connectivity index (χ3v) is 3.23. The summed E-state index contributed by atoms with van der Waals surface area (Å²) < 4.78 is 15.5. The number of carbonyl (C=O) groups is 1. The Morgan fingerprint density at radius 1 is 1.30 bits per heavy atom. The third kappa shape index (κ3) is 3.29. The Morgan fingerprint density at radius 2 is 2.13 bits per heavy atom. The first-order valence-electron chi connectivity index (χ1n) is 6.57. The summed E-state index contributed by atoms with van der Waals surface area (Å²) >= 11 is 5.76. The van der Waals surface area contributed by atoms with Crippen molar-refractivity contribution in [2.75, 3.05) is 11.1 Å². The van der Waals surface area contributed by atoms with E-state index in [-0.39, 0.29) is 22.2 Å². The quantitative estimate of drug-likeness (QED) is 0.722. The van der Waals surface area contributed by atoms with E-state index in [2.05, 4.69) is 15.4 Å². The van der Waals surface area contributed by atoms with Gasteiger partial charge in [0.15, 0.2) is 5.82 Å². The molecule has 0 spiro atoms. The molecule has 2 heterocycles. The Bertz CT molecular complexity index is 846. The van der Waals surface area contributed by atoms with Gasteiger partial charge < -0.3 is 11.1 Å². The summed E-state index contributed by atoms with van der Waals surface area (Å²) in [7, 11) is 0. The second-order valence-electron chi connectivity index (χ2n) is 4.67. The Morgan fingerprint density at radius 3 is 2.78 bits per heavy atom. The number of carbonyl (C=O) groups excluding carboxylic acids is 1. The maximum absolute atomic E-state index is 14.1. The SMILES string of the molecule is Nc1cc(C(=O)Nc2ccc(-n3cccn3)c(F)c2)cc(Cl)n1. The number of hydrogen-bond donors (Lipinski definition) is 2. The predicted octanol–water partition coefficient (Wildman–Crippen LogP) is 2.89. The van der Waals surface area contributed by atoms with Crippen molar-refractivity contribution in [3.63, 3.8) is 0 Å². The lowest BCUT2D eigenvalue weighted by molar-refractivity contribution is 0.102. The Labute approximate surface area is 135 Å². The Kier molecular flexibility index (Phi) is 3.94. The predicted molar refractivity (Wildman–Crippen MR) is 85.1 cm³/mol. The number of amides is 1. The lowest BCUT2D eigenvalue weighted by Gasteiger charge is -2.09. The topological polar surface area (TPSA) is 85.8 Å². The molecule has 116 valence electrons. The van der Waals surface area contributed by atoms with Crippen LogP contribution in [0.1, 0.15) is 10.4 Å². The van der Waals surface area contributed by atoms with Crippen LogP contribution >= 0.6 is 11.6 Å². The van der Waals surface area contributed by atoms with E-state index in [0.29, 0.717) is 5.69 Å². The summed E-state index contributed by atoms with van der Waals surface area (Å²) in [6, 6.07) is 8.75. The Hall–Kier alpha value is -2.93. The van der Waals surface area contributed by atoms with Crippen LogP contribution < -0.4 is 11.1 Å². The van der Waals surface area contributed by atoms with Gasteiger partial charge in [0.25, 0.3) is 5.91 Å². The van der Waals surface area contributed by atoms with Crippen molar-refractivity contribution in [2.45, 2.75) is 0 Å². The molecule has 3 rings (SSSR count). The largest absolute Gasteiger partial charge is 0.384 e. The van der Waals surface area contributed by atoms with E-state index < -0.39 is 11.7 Å². The maximum Gasteiger partial charge on any atom is 0.255 e. The highest BCUT2D eigenvalue weighted by Gasteiger charge is 2.11. The standard InChI is InChI=1S/C15H11ClFN5O/c16-13-6-9(7-14(18)21-13)15(23)20-10-2-3-12(11(17)8-10)22-5-1-4-19-22/h1-8H,(H2,18,21)(H,20,23). The number of rotatable bonds is 3. The molecule has 0 saturated heterocycles. The number of nitrogens with two attached hydrogens (primary N) is 1. The van der Waals surface area contributed by atoms with Crippen LogP contribution in [0.25, 0.3) is 5.69 Å². The first kappa shape index (κ1) is 15.0. The van der Waals surface area contributed by atoms with Crippen LogP contribution in [0.15, 0.2) is 48.8 Å². The molecule has 3 aromatic rings. The zero-order valence-corrected chi connectivity index (χ0v) is 12.5. The molecule has 2 aromatic heterocycles. The van der Waals surface area contributed by atoms with Crippen LogP contribution in [0.5, 0.6) is 0 Å². The first-order chi connectivity index (χ1) is 11.0. The minimum absolute atomic E-state index is 0.107. The Balaban J connectivity index is 1.83. The fraction of sp³-hybridized carbons (Fsp3) is 0. The highest BCUT2D eigenvalue weighted by molar-refractivity contribution is 6.30. The zero-order valence-electron chi connectivity index (χ0n) is 11.7. The lowest BCUT2D eigenvalue weighted by atomic mass is 10.2. The van der Waals surface area contributed by atoms with E-state index in [4.69, 9.17) is 17.3 Å². The highest BCUT2D eigenvalue weighted by atomic mass is 35.5. The summed E-state index contributed by atoms with van der Waals surface area (Å²) in [4.78, 5) is 15.9. The smallest absolute Gasteiger partial charge is 0.255 e. The molecule has 0 atom stereocenters. The summed E-state index contributed by atoms with van der Waals surface area (Å²) in [6.07, 6.45) is 3.17. The van der Waals surface area contributed by atoms with Crippen LogP contribution in [0.3, 0.4) is 0 Å². The number of pyridine rings is 1. The van der Waals surface area contributed by atoms with E-state index in [1.54, 1.807) is 24.5 Å². The summed E-state index contributed by atoms with van der Waals surface area (Å²) in [5.41, 5.74) is 6.36. The van der Waals surface area contributed by atoms with Gasteiger partial charge in [-0.2, -0.15) is 5.10 Å². The third-order valence-electron chi connectivity index (χ3n) is 3.03. The van der Waals surface area contributed by atoms with E-state index in [9.17, 15) is 9.18 Å². The molecule has 1 aromatic carbocycles. The molecule has 8 heteroatoms. The molecule has 23 heavy (non-hydrogen) atoms. The van der Waals surface area contributed by atoms with Gasteiger partial charge in [0.2, 0.25) is 0 Å². The number of nitrogen functional groups attached to an aromatic ring is 1. The molecule has 0 aliphatic carbocycles. The minimum atomic E-state index is -0.515. The molecule has 0 saturated carbocycles. The van der Waals surface area contributed by atoms with Gasteiger partial charge in [0, 0.05) is 23.6 Å².